The first-order chi connectivity index (χ1) is 18.0. The van der Waals surface area contributed by atoms with Crippen LogP contribution in [0.25, 0.3) is 0 Å². The Bertz CT molecular complexity index is 1180. The van der Waals surface area contributed by atoms with Crippen LogP contribution in [0.2, 0.25) is 0 Å². The van der Waals surface area contributed by atoms with E-state index in [0.29, 0.717) is 5.56 Å². The molecule has 0 radical (unpaired) electrons. The highest BCUT2D eigenvalue weighted by molar-refractivity contribution is 5.90. The number of methoxy groups -OCH3 is 1. The number of rotatable bonds is 8. The van der Waals surface area contributed by atoms with Gasteiger partial charge in [0.25, 0.3) is 0 Å². The molecule has 9 nitrogen and oxygen atoms in total. The standard InChI is InChI=1S/C28H26O9/c1-33-28-24(37-27(32)20-15-9-4-10-16-20)23(36-26(31)19-13-7-3-8-14-19)22(29)21(35-28)17-34-25(30)18-11-5-2-6-12-18/h2-16,21-24,28-29H,17H2,1H3/t21-,22+,23+,24-,28?/m1/s1. The van der Waals surface area contributed by atoms with Crippen molar-refractivity contribution < 1.29 is 43.2 Å². The Balaban J connectivity index is 1.55. The van der Waals surface area contributed by atoms with Crippen LogP contribution >= 0.6 is 0 Å². The number of benzene rings is 3. The average Bonchev–Trinajstić information content (AvgIpc) is 2.95. The fourth-order valence-electron chi connectivity index (χ4n) is 3.83. The van der Waals surface area contributed by atoms with Gasteiger partial charge >= 0.3 is 17.9 Å². The highest BCUT2D eigenvalue weighted by Gasteiger charge is 2.50. The average molecular weight is 507 g/mol. The first kappa shape index (κ1) is 26.0. The van der Waals surface area contributed by atoms with E-state index in [1.54, 1.807) is 91.0 Å². The van der Waals surface area contributed by atoms with E-state index in [9.17, 15) is 19.5 Å². The van der Waals surface area contributed by atoms with Crippen molar-refractivity contribution in [3.8, 4) is 0 Å². The van der Waals surface area contributed by atoms with Crippen LogP contribution < -0.4 is 0 Å². The van der Waals surface area contributed by atoms with E-state index >= 15 is 0 Å². The molecule has 0 aromatic heterocycles. The first-order valence-electron chi connectivity index (χ1n) is 11.6. The number of hydrogen-bond acceptors (Lipinski definition) is 9. The number of aliphatic hydroxyl groups is 1. The molecule has 1 aliphatic rings. The Hall–Kier alpha value is -4.05. The van der Waals surface area contributed by atoms with E-state index in [4.69, 9.17) is 23.7 Å². The lowest BCUT2D eigenvalue weighted by Crippen LogP contribution is -2.61. The lowest BCUT2D eigenvalue weighted by molar-refractivity contribution is -0.292. The Morgan fingerprint density at radius 3 is 1.59 bits per heavy atom. The van der Waals surface area contributed by atoms with Gasteiger partial charge in [0.05, 0.1) is 16.7 Å². The Morgan fingerprint density at radius 2 is 1.14 bits per heavy atom. The summed E-state index contributed by atoms with van der Waals surface area (Å²) in [5.74, 6) is -2.10. The number of aliphatic hydroxyl groups excluding tert-OH is 1. The second-order valence-corrected chi connectivity index (χ2v) is 8.21. The number of ether oxygens (including phenoxy) is 5. The van der Waals surface area contributed by atoms with Crippen LogP contribution in [0, 0.1) is 0 Å². The highest BCUT2D eigenvalue weighted by Crippen LogP contribution is 2.28. The first-order valence-corrected chi connectivity index (χ1v) is 11.6. The molecule has 4 rings (SSSR count). The van der Waals surface area contributed by atoms with Crippen molar-refractivity contribution in [1.29, 1.82) is 0 Å². The summed E-state index contributed by atoms with van der Waals surface area (Å²) in [6, 6.07) is 24.7. The zero-order valence-electron chi connectivity index (χ0n) is 20.0. The smallest absolute Gasteiger partial charge is 0.338 e. The monoisotopic (exact) mass is 506 g/mol. The normalized spacial score (nSPS) is 23.0. The molecular weight excluding hydrogens is 480 g/mol. The summed E-state index contributed by atoms with van der Waals surface area (Å²) >= 11 is 0. The molecule has 5 atom stereocenters. The summed E-state index contributed by atoms with van der Waals surface area (Å²) in [6.45, 7) is -0.368. The maximum atomic E-state index is 12.9. The van der Waals surface area contributed by atoms with E-state index in [2.05, 4.69) is 0 Å². The fraction of sp³-hybridized carbons (Fsp3) is 0.250. The predicted molar refractivity (Wildman–Crippen MR) is 130 cm³/mol. The van der Waals surface area contributed by atoms with Gasteiger partial charge in [-0.2, -0.15) is 0 Å². The summed E-state index contributed by atoms with van der Waals surface area (Å²) in [7, 11) is 1.31. The molecule has 3 aromatic carbocycles. The van der Waals surface area contributed by atoms with Crippen LogP contribution in [0.3, 0.4) is 0 Å². The lowest BCUT2D eigenvalue weighted by atomic mass is 9.98. The van der Waals surface area contributed by atoms with Gasteiger partial charge in [0.15, 0.2) is 18.5 Å². The van der Waals surface area contributed by atoms with Gasteiger partial charge < -0.3 is 28.8 Å². The van der Waals surface area contributed by atoms with Crippen LogP contribution in [0.4, 0.5) is 0 Å². The van der Waals surface area contributed by atoms with Crippen molar-refractivity contribution in [3.05, 3.63) is 108 Å². The van der Waals surface area contributed by atoms with Crippen LogP contribution in [0.15, 0.2) is 91.0 Å². The van der Waals surface area contributed by atoms with Gasteiger partial charge in [0.1, 0.15) is 18.8 Å². The maximum Gasteiger partial charge on any atom is 0.338 e. The topological polar surface area (TPSA) is 118 Å². The van der Waals surface area contributed by atoms with Gasteiger partial charge in [-0.25, -0.2) is 14.4 Å². The molecule has 0 spiro atoms. The molecular formula is C28H26O9. The molecule has 1 fully saturated rings. The van der Waals surface area contributed by atoms with Crippen molar-refractivity contribution in [3.63, 3.8) is 0 Å². The molecule has 1 saturated heterocycles. The second kappa shape index (κ2) is 12.3. The quantitative estimate of drug-likeness (QED) is 0.363. The van der Waals surface area contributed by atoms with Gasteiger partial charge in [-0.3, -0.25) is 0 Å². The Kier molecular flexibility index (Phi) is 8.63. The van der Waals surface area contributed by atoms with Gasteiger partial charge in [0.2, 0.25) is 0 Å². The van der Waals surface area contributed by atoms with Crippen molar-refractivity contribution in [1.82, 2.24) is 0 Å². The number of carbonyl (C=O) groups excluding carboxylic acids is 3. The molecule has 1 N–H and O–H groups in total. The molecule has 192 valence electrons. The fourth-order valence-corrected chi connectivity index (χ4v) is 3.83. The molecule has 9 heteroatoms. The zero-order chi connectivity index (χ0) is 26.2. The van der Waals surface area contributed by atoms with Gasteiger partial charge in [-0.1, -0.05) is 54.6 Å². The third-order valence-corrected chi connectivity index (χ3v) is 5.74. The van der Waals surface area contributed by atoms with Crippen molar-refractivity contribution in [2.45, 2.75) is 30.7 Å². The lowest BCUT2D eigenvalue weighted by Gasteiger charge is -2.42. The van der Waals surface area contributed by atoms with E-state index in [0.717, 1.165) is 0 Å². The molecule has 0 saturated carbocycles. The molecule has 1 unspecified atom stereocenters. The van der Waals surface area contributed by atoms with Gasteiger partial charge in [0, 0.05) is 7.11 Å². The molecule has 37 heavy (non-hydrogen) atoms. The largest absolute Gasteiger partial charge is 0.459 e. The van der Waals surface area contributed by atoms with E-state index in [-0.39, 0.29) is 17.7 Å². The highest BCUT2D eigenvalue weighted by atomic mass is 16.7. The van der Waals surface area contributed by atoms with Crippen molar-refractivity contribution in [2.75, 3.05) is 13.7 Å². The van der Waals surface area contributed by atoms with Crippen LogP contribution in [0.5, 0.6) is 0 Å². The zero-order valence-corrected chi connectivity index (χ0v) is 20.0. The van der Waals surface area contributed by atoms with Crippen LogP contribution in [0.1, 0.15) is 31.1 Å². The minimum absolute atomic E-state index is 0.232. The Morgan fingerprint density at radius 1 is 0.703 bits per heavy atom. The maximum absolute atomic E-state index is 12.9. The number of hydrogen-bond donors (Lipinski definition) is 1. The summed E-state index contributed by atoms with van der Waals surface area (Å²) < 4.78 is 27.7. The molecule has 0 aliphatic carbocycles. The van der Waals surface area contributed by atoms with E-state index < -0.39 is 48.6 Å². The SMILES string of the molecule is COC1O[C@H](COC(=O)c2ccccc2)[C@H](O)[C@H](OC(=O)c2ccccc2)[C@H]1OC(=O)c1ccccc1. The summed E-state index contributed by atoms with van der Waals surface area (Å²) in [5.41, 5.74) is 0.798. The Labute approximate surface area is 213 Å². The number of carbonyl (C=O) groups is 3. The molecule has 1 aliphatic heterocycles. The molecule has 0 amide bonds. The predicted octanol–water partition coefficient (Wildman–Crippen LogP) is 3.03. The minimum atomic E-state index is -1.52. The summed E-state index contributed by atoms with van der Waals surface area (Å²) in [6.07, 6.45) is -6.60. The number of esters is 3. The van der Waals surface area contributed by atoms with Crippen molar-refractivity contribution in [2.24, 2.45) is 0 Å². The summed E-state index contributed by atoms with van der Waals surface area (Å²) in [5, 5.41) is 11.1. The molecule has 3 aromatic rings. The van der Waals surface area contributed by atoms with Gasteiger partial charge in [-0.15, -0.1) is 0 Å². The van der Waals surface area contributed by atoms with Crippen LogP contribution in [-0.4, -0.2) is 67.4 Å². The third kappa shape index (κ3) is 6.39. The molecule has 0 bridgehead atoms. The van der Waals surface area contributed by atoms with Crippen LogP contribution in [-0.2, 0) is 23.7 Å². The minimum Gasteiger partial charge on any atom is -0.459 e. The summed E-state index contributed by atoms with van der Waals surface area (Å²) in [4.78, 5) is 38.1. The van der Waals surface area contributed by atoms with Crippen molar-refractivity contribution >= 4 is 17.9 Å². The van der Waals surface area contributed by atoms with E-state index in [1.165, 1.54) is 7.11 Å². The van der Waals surface area contributed by atoms with E-state index in [1.807, 2.05) is 0 Å². The van der Waals surface area contributed by atoms with Gasteiger partial charge in [-0.05, 0) is 36.4 Å². The third-order valence-electron chi connectivity index (χ3n) is 5.74. The second-order valence-electron chi connectivity index (χ2n) is 8.21. The molecule has 1 heterocycles.